The van der Waals surface area contributed by atoms with Gasteiger partial charge in [-0.05, 0) is 28.9 Å². The maximum absolute atomic E-state index is 13.4. The van der Waals surface area contributed by atoms with Gasteiger partial charge in [-0.2, -0.15) is 0 Å². The lowest BCUT2D eigenvalue weighted by atomic mass is 10.0. The number of carboxylic acids is 1. The Labute approximate surface area is 127 Å². The van der Waals surface area contributed by atoms with Gasteiger partial charge in [-0.3, -0.25) is 4.79 Å². The first-order chi connectivity index (χ1) is 9.60. The molecule has 0 bridgehead atoms. The van der Waals surface area contributed by atoms with E-state index in [9.17, 15) is 23.5 Å². The van der Waals surface area contributed by atoms with Crippen molar-refractivity contribution < 1.29 is 28.6 Å². The molecule has 1 atom stereocenters. The number of halogens is 3. The van der Waals surface area contributed by atoms with E-state index >= 15 is 0 Å². The molecular weight excluding hydrogens is 354 g/mol. The standard InChI is InChI=1S/C12H13BrF2N2O4/c1-12(21,4-10(18)19)5-16-11(20)17-9-2-6(13)7(14)3-8(9)15/h2-3,21H,4-5H2,1H3,(H,18,19)(H2,16,17,20). The molecule has 9 heteroatoms. The summed E-state index contributed by atoms with van der Waals surface area (Å²) in [5.41, 5.74) is -1.91. The molecule has 21 heavy (non-hydrogen) atoms. The number of anilines is 1. The van der Waals surface area contributed by atoms with Gasteiger partial charge in [0.15, 0.2) is 0 Å². The van der Waals surface area contributed by atoms with Crippen LogP contribution in [0.1, 0.15) is 13.3 Å². The normalized spacial score (nSPS) is 13.4. The van der Waals surface area contributed by atoms with Crippen LogP contribution < -0.4 is 10.6 Å². The predicted molar refractivity (Wildman–Crippen MR) is 74.0 cm³/mol. The summed E-state index contributed by atoms with van der Waals surface area (Å²) in [6.07, 6.45) is -0.566. The highest BCUT2D eigenvalue weighted by Crippen LogP contribution is 2.23. The van der Waals surface area contributed by atoms with Crippen molar-refractivity contribution in [1.29, 1.82) is 0 Å². The van der Waals surface area contributed by atoms with Crippen molar-refractivity contribution in [3.05, 3.63) is 28.2 Å². The summed E-state index contributed by atoms with van der Waals surface area (Å²) in [7, 11) is 0. The minimum atomic E-state index is -1.65. The average Bonchev–Trinajstić information content (AvgIpc) is 2.32. The molecule has 4 N–H and O–H groups in total. The maximum Gasteiger partial charge on any atom is 0.319 e. The van der Waals surface area contributed by atoms with Crippen molar-refractivity contribution in [2.45, 2.75) is 18.9 Å². The highest BCUT2D eigenvalue weighted by Gasteiger charge is 2.25. The number of aliphatic hydroxyl groups is 1. The van der Waals surface area contributed by atoms with Crippen LogP contribution in [-0.4, -0.2) is 34.4 Å². The summed E-state index contributed by atoms with van der Waals surface area (Å²) in [4.78, 5) is 22.0. The van der Waals surface area contributed by atoms with Gasteiger partial charge in [0, 0.05) is 12.6 Å². The summed E-state index contributed by atoms with van der Waals surface area (Å²) in [5.74, 6) is -3.01. The van der Waals surface area contributed by atoms with Crippen molar-refractivity contribution in [3.8, 4) is 0 Å². The van der Waals surface area contributed by atoms with Crippen molar-refractivity contribution in [2.24, 2.45) is 0 Å². The van der Waals surface area contributed by atoms with Gasteiger partial charge >= 0.3 is 12.0 Å². The van der Waals surface area contributed by atoms with Crippen LogP contribution in [0.25, 0.3) is 0 Å². The fourth-order valence-corrected chi connectivity index (χ4v) is 1.79. The van der Waals surface area contributed by atoms with Crippen LogP contribution in [0.15, 0.2) is 16.6 Å². The predicted octanol–water partition coefficient (Wildman–Crippen LogP) is 2.07. The number of nitrogens with one attached hydrogen (secondary N) is 2. The molecule has 0 aliphatic carbocycles. The largest absolute Gasteiger partial charge is 0.481 e. The highest BCUT2D eigenvalue weighted by molar-refractivity contribution is 9.10. The highest BCUT2D eigenvalue weighted by atomic mass is 79.9. The third-order valence-corrected chi connectivity index (χ3v) is 3.03. The molecule has 1 rings (SSSR count). The number of carboxylic acid groups (broad SMARTS) is 1. The monoisotopic (exact) mass is 366 g/mol. The van der Waals surface area contributed by atoms with Crippen molar-refractivity contribution in [3.63, 3.8) is 0 Å². The Kier molecular flexibility index (Phi) is 5.62. The van der Waals surface area contributed by atoms with Crippen LogP contribution in [0.4, 0.5) is 19.3 Å². The van der Waals surface area contributed by atoms with Crippen molar-refractivity contribution >= 4 is 33.6 Å². The summed E-state index contributed by atoms with van der Waals surface area (Å²) in [5, 5.41) is 22.6. The molecule has 0 aliphatic heterocycles. The summed E-state index contributed by atoms with van der Waals surface area (Å²) in [6.45, 7) is 0.881. The lowest BCUT2D eigenvalue weighted by molar-refractivity contribution is -0.141. The van der Waals surface area contributed by atoms with E-state index in [-0.39, 0.29) is 16.7 Å². The van der Waals surface area contributed by atoms with Gasteiger partial charge in [0.2, 0.25) is 0 Å². The van der Waals surface area contributed by atoms with E-state index < -0.39 is 35.7 Å². The molecular formula is C12H13BrF2N2O4. The first-order valence-corrected chi connectivity index (χ1v) is 6.53. The number of carbonyl (C=O) groups excluding carboxylic acids is 1. The van der Waals surface area contributed by atoms with E-state index in [1.807, 2.05) is 0 Å². The molecule has 0 aliphatic rings. The topological polar surface area (TPSA) is 98.7 Å². The van der Waals surface area contributed by atoms with Crippen molar-refractivity contribution in [2.75, 3.05) is 11.9 Å². The number of hydrogen-bond acceptors (Lipinski definition) is 3. The van der Waals surface area contributed by atoms with Gasteiger partial charge < -0.3 is 20.8 Å². The van der Waals surface area contributed by atoms with Crippen LogP contribution >= 0.6 is 15.9 Å². The van der Waals surface area contributed by atoms with Gasteiger partial charge in [0.25, 0.3) is 0 Å². The molecule has 1 aromatic carbocycles. The van der Waals surface area contributed by atoms with E-state index in [0.717, 1.165) is 6.07 Å². The second kappa shape index (κ2) is 6.81. The average molecular weight is 367 g/mol. The van der Waals surface area contributed by atoms with Crippen LogP contribution in [-0.2, 0) is 4.79 Å². The number of urea groups is 1. The SMILES string of the molecule is CC(O)(CNC(=O)Nc1cc(Br)c(F)cc1F)CC(=O)O. The Morgan fingerprint density at radius 1 is 1.33 bits per heavy atom. The number of hydrogen-bond donors (Lipinski definition) is 4. The summed E-state index contributed by atoms with van der Waals surface area (Å²) < 4.78 is 26.4. The fraction of sp³-hybridized carbons (Fsp3) is 0.333. The minimum Gasteiger partial charge on any atom is -0.481 e. The fourth-order valence-electron chi connectivity index (χ4n) is 1.44. The van der Waals surface area contributed by atoms with Crippen LogP contribution in [0.2, 0.25) is 0 Å². The van der Waals surface area contributed by atoms with E-state index in [2.05, 4.69) is 26.6 Å². The smallest absolute Gasteiger partial charge is 0.319 e. The number of benzene rings is 1. The Morgan fingerprint density at radius 3 is 2.52 bits per heavy atom. The molecule has 0 saturated carbocycles. The summed E-state index contributed by atoms with van der Waals surface area (Å²) >= 11 is 2.85. The lowest BCUT2D eigenvalue weighted by Crippen LogP contribution is -2.43. The molecule has 0 radical (unpaired) electrons. The van der Waals surface area contributed by atoms with Crippen molar-refractivity contribution in [1.82, 2.24) is 5.32 Å². The molecule has 1 unspecified atom stereocenters. The van der Waals surface area contributed by atoms with Gasteiger partial charge in [-0.25, -0.2) is 13.6 Å². The Bertz CT molecular complexity index is 566. The second-order valence-electron chi connectivity index (χ2n) is 4.62. The number of carbonyl (C=O) groups is 2. The molecule has 0 fully saturated rings. The zero-order valence-electron chi connectivity index (χ0n) is 10.9. The number of rotatable bonds is 5. The third-order valence-electron chi connectivity index (χ3n) is 2.42. The van der Waals surface area contributed by atoms with E-state index in [1.54, 1.807) is 0 Å². The van der Waals surface area contributed by atoms with Gasteiger partial charge in [-0.1, -0.05) is 0 Å². The van der Waals surface area contributed by atoms with Gasteiger partial charge in [-0.15, -0.1) is 0 Å². The van der Waals surface area contributed by atoms with Crippen LogP contribution in [0, 0.1) is 11.6 Å². The molecule has 1 aromatic rings. The van der Waals surface area contributed by atoms with Gasteiger partial charge in [0.1, 0.15) is 11.6 Å². The van der Waals surface area contributed by atoms with E-state index in [0.29, 0.717) is 6.07 Å². The maximum atomic E-state index is 13.4. The Morgan fingerprint density at radius 2 is 1.95 bits per heavy atom. The zero-order chi connectivity index (χ0) is 16.2. The first kappa shape index (κ1) is 17.3. The Hall–Kier alpha value is -1.74. The first-order valence-electron chi connectivity index (χ1n) is 5.74. The second-order valence-corrected chi connectivity index (χ2v) is 5.48. The van der Waals surface area contributed by atoms with E-state index in [4.69, 9.17) is 5.11 Å². The molecule has 6 nitrogen and oxygen atoms in total. The van der Waals surface area contributed by atoms with E-state index in [1.165, 1.54) is 6.92 Å². The zero-order valence-corrected chi connectivity index (χ0v) is 12.5. The molecule has 0 saturated heterocycles. The summed E-state index contributed by atoms with van der Waals surface area (Å²) in [6, 6.07) is 0.776. The molecule has 0 aromatic heterocycles. The number of amides is 2. The Balaban J connectivity index is 2.62. The van der Waals surface area contributed by atoms with Crippen LogP contribution in [0.3, 0.4) is 0 Å². The number of aliphatic carboxylic acids is 1. The molecule has 2 amide bonds. The molecule has 116 valence electrons. The molecule has 0 spiro atoms. The quantitative estimate of drug-likeness (QED) is 0.599. The third kappa shape index (κ3) is 5.64. The minimum absolute atomic E-state index is 0.0305. The van der Waals surface area contributed by atoms with Crippen LogP contribution in [0.5, 0.6) is 0 Å². The molecule has 0 heterocycles. The van der Waals surface area contributed by atoms with Gasteiger partial charge in [0.05, 0.1) is 22.2 Å². The lowest BCUT2D eigenvalue weighted by Gasteiger charge is -2.21.